The molecule has 2 aromatic heterocycles. The van der Waals surface area contributed by atoms with Crippen LogP contribution in [0.2, 0.25) is 5.28 Å². The molecule has 1 aromatic carbocycles. The lowest BCUT2D eigenvalue weighted by Gasteiger charge is -2.09. The molecule has 20 heavy (non-hydrogen) atoms. The van der Waals surface area contributed by atoms with Crippen LogP contribution in [0.25, 0.3) is 10.9 Å². The van der Waals surface area contributed by atoms with Gasteiger partial charge in [0.05, 0.1) is 5.52 Å². The van der Waals surface area contributed by atoms with Gasteiger partial charge in [-0.25, -0.2) is 9.97 Å². The van der Waals surface area contributed by atoms with Gasteiger partial charge < -0.3 is 5.32 Å². The molecule has 0 saturated heterocycles. The van der Waals surface area contributed by atoms with Gasteiger partial charge in [0.25, 0.3) is 0 Å². The molecule has 5 nitrogen and oxygen atoms in total. The number of nitrogens with zero attached hydrogens (tertiary/aromatic N) is 4. The van der Waals surface area contributed by atoms with E-state index in [0.29, 0.717) is 0 Å². The fourth-order valence-electron chi connectivity index (χ4n) is 2.14. The van der Waals surface area contributed by atoms with Crippen molar-refractivity contribution in [3.05, 3.63) is 47.5 Å². The summed E-state index contributed by atoms with van der Waals surface area (Å²) in [5.74, 6) is 0.766. The number of para-hydroxylation sites is 1. The van der Waals surface area contributed by atoms with E-state index in [1.165, 1.54) is 5.69 Å². The summed E-state index contributed by atoms with van der Waals surface area (Å²) < 4.78 is 1.87. The quantitative estimate of drug-likeness (QED) is 0.750. The largest absolute Gasteiger partial charge is 0.369 e. The number of fused-ring (bicyclic) bond motifs is 1. The van der Waals surface area contributed by atoms with E-state index in [9.17, 15) is 0 Å². The van der Waals surface area contributed by atoms with Crippen molar-refractivity contribution in [1.29, 1.82) is 0 Å². The summed E-state index contributed by atoms with van der Waals surface area (Å²) in [5, 5.41) is 8.70. The maximum atomic E-state index is 5.95. The number of rotatable bonds is 4. The van der Waals surface area contributed by atoms with Gasteiger partial charge >= 0.3 is 0 Å². The Hall–Kier alpha value is -2.14. The second kappa shape index (κ2) is 5.46. The average molecular weight is 288 g/mol. The van der Waals surface area contributed by atoms with Gasteiger partial charge in [-0.3, -0.25) is 4.68 Å². The van der Waals surface area contributed by atoms with Crippen LogP contribution >= 0.6 is 11.6 Å². The summed E-state index contributed by atoms with van der Waals surface area (Å²) in [5.41, 5.74) is 2.01. The molecule has 0 bridgehead atoms. The van der Waals surface area contributed by atoms with E-state index in [0.717, 1.165) is 29.7 Å². The highest BCUT2D eigenvalue weighted by molar-refractivity contribution is 6.28. The van der Waals surface area contributed by atoms with Gasteiger partial charge in [0, 0.05) is 37.3 Å². The predicted octanol–water partition coefficient (Wildman–Crippen LogP) is 2.67. The zero-order valence-electron chi connectivity index (χ0n) is 11.0. The number of aryl methyl sites for hydroxylation is 1. The summed E-state index contributed by atoms with van der Waals surface area (Å²) in [6, 6.07) is 9.82. The van der Waals surface area contributed by atoms with Crippen molar-refractivity contribution < 1.29 is 0 Å². The van der Waals surface area contributed by atoms with Gasteiger partial charge in [-0.05, 0) is 29.8 Å². The Morgan fingerprint density at radius 2 is 2.05 bits per heavy atom. The predicted molar refractivity (Wildman–Crippen MR) is 79.9 cm³/mol. The van der Waals surface area contributed by atoms with Gasteiger partial charge in [0.1, 0.15) is 5.82 Å². The standard InChI is InChI=1S/C14H14ClN5/c1-20-10(7-9-17-20)6-8-16-13-11-4-2-3-5-12(11)18-14(15)19-13/h2-5,7,9H,6,8H2,1H3,(H,16,18,19). The van der Waals surface area contributed by atoms with Crippen molar-refractivity contribution in [3.63, 3.8) is 0 Å². The maximum absolute atomic E-state index is 5.95. The highest BCUT2D eigenvalue weighted by atomic mass is 35.5. The molecular formula is C14H14ClN5. The van der Waals surface area contributed by atoms with E-state index < -0.39 is 0 Å². The highest BCUT2D eigenvalue weighted by Crippen LogP contribution is 2.21. The van der Waals surface area contributed by atoms with Crippen molar-refractivity contribution in [1.82, 2.24) is 19.7 Å². The number of hydrogen-bond donors (Lipinski definition) is 1. The Balaban J connectivity index is 1.79. The summed E-state index contributed by atoms with van der Waals surface area (Å²) in [6.07, 6.45) is 2.67. The topological polar surface area (TPSA) is 55.6 Å². The van der Waals surface area contributed by atoms with Gasteiger partial charge in [0.2, 0.25) is 5.28 Å². The molecule has 2 heterocycles. The van der Waals surface area contributed by atoms with Crippen molar-refractivity contribution in [3.8, 4) is 0 Å². The monoisotopic (exact) mass is 287 g/mol. The first-order valence-electron chi connectivity index (χ1n) is 6.37. The Kier molecular flexibility index (Phi) is 3.52. The number of halogens is 1. The molecule has 0 aliphatic carbocycles. The fourth-order valence-corrected chi connectivity index (χ4v) is 2.31. The lowest BCUT2D eigenvalue weighted by molar-refractivity contribution is 0.711. The van der Waals surface area contributed by atoms with Crippen LogP contribution in [0.15, 0.2) is 36.5 Å². The minimum atomic E-state index is 0.256. The minimum absolute atomic E-state index is 0.256. The molecule has 0 spiro atoms. The molecule has 6 heteroatoms. The zero-order valence-corrected chi connectivity index (χ0v) is 11.8. The summed E-state index contributed by atoms with van der Waals surface area (Å²) in [6.45, 7) is 0.761. The molecule has 0 aliphatic heterocycles. The molecule has 0 atom stereocenters. The van der Waals surface area contributed by atoms with E-state index in [1.807, 2.05) is 42.1 Å². The number of aromatic nitrogens is 4. The van der Waals surface area contributed by atoms with Crippen LogP contribution in [-0.4, -0.2) is 26.3 Å². The Morgan fingerprint density at radius 3 is 2.85 bits per heavy atom. The smallest absolute Gasteiger partial charge is 0.224 e. The molecular weight excluding hydrogens is 274 g/mol. The fraction of sp³-hybridized carbons (Fsp3) is 0.214. The lowest BCUT2D eigenvalue weighted by Crippen LogP contribution is -2.10. The molecule has 0 saturated carbocycles. The first-order valence-corrected chi connectivity index (χ1v) is 6.75. The van der Waals surface area contributed by atoms with Crippen molar-refractivity contribution in [2.24, 2.45) is 7.05 Å². The first-order chi connectivity index (χ1) is 9.74. The van der Waals surface area contributed by atoms with Crippen LogP contribution in [0.4, 0.5) is 5.82 Å². The minimum Gasteiger partial charge on any atom is -0.369 e. The third-order valence-electron chi connectivity index (χ3n) is 3.17. The number of benzene rings is 1. The molecule has 0 fully saturated rings. The molecule has 0 radical (unpaired) electrons. The van der Waals surface area contributed by atoms with Crippen LogP contribution in [0.1, 0.15) is 5.69 Å². The number of nitrogens with one attached hydrogen (secondary N) is 1. The van der Waals surface area contributed by atoms with E-state index in [4.69, 9.17) is 11.6 Å². The molecule has 1 N–H and O–H groups in total. The normalized spacial score (nSPS) is 10.9. The Morgan fingerprint density at radius 1 is 1.20 bits per heavy atom. The van der Waals surface area contributed by atoms with E-state index in [-0.39, 0.29) is 5.28 Å². The van der Waals surface area contributed by atoms with Crippen LogP contribution in [0.5, 0.6) is 0 Å². The summed E-state index contributed by atoms with van der Waals surface area (Å²) in [4.78, 5) is 8.47. The maximum Gasteiger partial charge on any atom is 0.224 e. The zero-order chi connectivity index (χ0) is 13.9. The lowest BCUT2D eigenvalue weighted by atomic mass is 10.2. The highest BCUT2D eigenvalue weighted by Gasteiger charge is 2.06. The summed E-state index contributed by atoms with van der Waals surface area (Å²) in [7, 11) is 1.94. The number of hydrogen-bond acceptors (Lipinski definition) is 4. The first kappa shape index (κ1) is 12.9. The Labute approximate surface area is 121 Å². The van der Waals surface area contributed by atoms with E-state index in [2.05, 4.69) is 20.4 Å². The van der Waals surface area contributed by atoms with E-state index in [1.54, 1.807) is 6.20 Å². The average Bonchev–Trinajstić information content (AvgIpc) is 2.84. The molecule has 0 unspecified atom stereocenters. The number of anilines is 1. The van der Waals surface area contributed by atoms with Crippen molar-refractivity contribution in [2.45, 2.75) is 6.42 Å². The van der Waals surface area contributed by atoms with Crippen LogP contribution in [0.3, 0.4) is 0 Å². The van der Waals surface area contributed by atoms with Crippen molar-refractivity contribution >= 4 is 28.3 Å². The third-order valence-corrected chi connectivity index (χ3v) is 3.34. The Bertz CT molecular complexity index is 737. The van der Waals surface area contributed by atoms with Crippen LogP contribution < -0.4 is 5.32 Å². The second-order valence-electron chi connectivity index (χ2n) is 4.48. The van der Waals surface area contributed by atoms with Gasteiger partial charge in [0.15, 0.2) is 0 Å². The van der Waals surface area contributed by atoms with E-state index >= 15 is 0 Å². The third kappa shape index (κ3) is 2.58. The molecule has 0 aliphatic rings. The molecule has 3 aromatic rings. The van der Waals surface area contributed by atoms with Crippen molar-refractivity contribution in [2.75, 3.05) is 11.9 Å². The van der Waals surface area contributed by atoms with Gasteiger partial charge in [-0.1, -0.05) is 12.1 Å². The molecule has 0 amide bonds. The van der Waals surface area contributed by atoms with Gasteiger partial charge in [-0.15, -0.1) is 0 Å². The van der Waals surface area contributed by atoms with Gasteiger partial charge in [-0.2, -0.15) is 5.10 Å². The SMILES string of the molecule is Cn1nccc1CCNc1nc(Cl)nc2ccccc12. The second-order valence-corrected chi connectivity index (χ2v) is 4.82. The van der Waals surface area contributed by atoms with Crippen LogP contribution in [-0.2, 0) is 13.5 Å². The van der Waals surface area contributed by atoms with Crippen LogP contribution in [0, 0.1) is 0 Å². The molecule has 3 rings (SSSR count). The molecule has 102 valence electrons. The summed E-state index contributed by atoms with van der Waals surface area (Å²) >= 11 is 5.95.